The number of rotatable bonds is 6. The summed E-state index contributed by atoms with van der Waals surface area (Å²) in [7, 11) is 0. The van der Waals surface area contributed by atoms with Gasteiger partial charge in [-0.15, -0.1) is 24.8 Å². The van der Waals surface area contributed by atoms with Gasteiger partial charge in [-0.25, -0.2) is 0 Å². The first-order valence-electron chi connectivity index (χ1n) is 8.03. The van der Waals surface area contributed by atoms with Crippen LogP contribution in [-0.2, 0) is 16.1 Å². The van der Waals surface area contributed by atoms with Crippen LogP contribution in [0, 0.1) is 0 Å². The van der Waals surface area contributed by atoms with Crippen LogP contribution in [0.3, 0.4) is 0 Å². The number of ether oxygens (including phenoxy) is 2. The van der Waals surface area contributed by atoms with Crippen molar-refractivity contribution < 1.29 is 14.3 Å². The van der Waals surface area contributed by atoms with Crippen LogP contribution in [0.1, 0.15) is 18.4 Å². The number of benzene rings is 1. The molecular formula is C18H23Cl2N3O3. The van der Waals surface area contributed by atoms with E-state index in [4.69, 9.17) is 15.2 Å². The summed E-state index contributed by atoms with van der Waals surface area (Å²) in [6, 6.07) is 11.1. The Balaban J connectivity index is 0.00000169. The monoisotopic (exact) mass is 399 g/mol. The predicted octanol–water partition coefficient (Wildman–Crippen LogP) is 2.95. The van der Waals surface area contributed by atoms with Crippen LogP contribution in [0.15, 0.2) is 48.8 Å². The molecule has 1 aromatic carbocycles. The van der Waals surface area contributed by atoms with E-state index in [1.54, 1.807) is 18.5 Å². The van der Waals surface area contributed by atoms with Gasteiger partial charge in [0.1, 0.15) is 18.5 Å². The maximum absolute atomic E-state index is 12.2. The minimum Gasteiger partial charge on any atom is -0.489 e. The molecule has 0 unspecified atom stereocenters. The van der Waals surface area contributed by atoms with Crippen molar-refractivity contribution in [3.8, 4) is 5.75 Å². The van der Waals surface area contributed by atoms with Crippen molar-refractivity contribution >= 4 is 36.4 Å². The van der Waals surface area contributed by atoms with Gasteiger partial charge in [0.15, 0.2) is 0 Å². The fourth-order valence-corrected chi connectivity index (χ4v) is 2.61. The molecule has 2 heterocycles. The third kappa shape index (κ3) is 6.14. The average molecular weight is 400 g/mol. The molecule has 1 saturated heterocycles. The number of nitrogens with two attached hydrogens (primary N) is 1. The number of carbonyl (C=O) groups is 1. The third-order valence-corrected chi connectivity index (χ3v) is 3.89. The number of amides is 1. The number of anilines is 1. The molecule has 0 aliphatic carbocycles. The van der Waals surface area contributed by atoms with Crippen LogP contribution >= 0.6 is 24.8 Å². The van der Waals surface area contributed by atoms with Gasteiger partial charge in [0.25, 0.3) is 5.91 Å². The second kappa shape index (κ2) is 11.0. The zero-order valence-electron chi connectivity index (χ0n) is 14.2. The summed E-state index contributed by atoms with van der Waals surface area (Å²) in [5.74, 6) is 0.541. The molecule has 0 spiro atoms. The maximum atomic E-state index is 12.2. The van der Waals surface area contributed by atoms with E-state index in [1.165, 1.54) is 0 Å². The van der Waals surface area contributed by atoms with E-state index in [9.17, 15) is 4.79 Å². The molecule has 8 heteroatoms. The Labute approximate surface area is 165 Å². The zero-order valence-corrected chi connectivity index (χ0v) is 15.8. The van der Waals surface area contributed by atoms with Crippen LogP contribution in [0.25, 0.3) is 0 Å². The number of hydrogen-bond acceptors (Lipinski definition) is 5. The first kappa shape index (κ1) is 22.2. The van der Waals surface area contributed by atoms with Crippen LogP contribution < -0.4 is 15.8 Å². The van der Waals surface area contributed by atoms with E-state index in [1.807, 2.05) is 30.3 Å². The van der Waals surface area contributed by atoms with Gasteiger partial charge in [0.2, 0.25) is 0 Å². The van der Waals surface area contributed by atoms with E-state index in [0.29, 0.717) is 31.0 Å². The van der Waals surface area contributed by atoms with Crippen molar-refractivity contribution in [2.45, 2.75) is 31.7 Å². The molecule has 2 aromatic rings. The number of hydrogen-bond donors (Lipinski definition) is 2. The third-order valence-electron chi connectivity index (χ3n) is 3.89. The fourth-order valence-electron chi connectivity index (χ4n) is 2.61. The number of nitrogens with zero attached hydrogens (tertiary/aromatic N) is 1. The molecule has 1 fully saturated rings. The normalized spacial score (nSPS) is 18.3. The Kier molecular flexibility index (Phi) is 9.37. The minimum absolute atomic E-state index is 0. The Bertz CT molecular complexity index is 688. The Morgan fingerprint density at radius 2 is 2.12 bits per heavy atom. The van der Waals surface area contributed by atoms with Gasteiger partial charge < -0.3 is 20.5 Å². The van der Waals surface area contributed by atoms with E-state index in [2.05, 4.69) is 10.3 Å². The van der Waals surface area contributed by atoms with Crippen LogP contribution in [0.2, 0.25) is 0 Å². The molecule has 26 heavy (non-hydrogen) atoms. The van der Waals surface area contributed by atoms with Crippen molar-refractivity contribution in [1.29, 1.82) is 0 Å². The summed E-state index contributed by atoms with van der Waals surface area (Å²) < 4.78 is 11.3. The highest BCUT2D eigenvalue weighted by atomic mass is 35.5. The zero-order chi connectivity index (χ0) is 16.8. The number of aromatic nitrogens is 1. The summed E-state index contributed by atoms with van der Waals surface area (Å²) in [5.41, 5.74) is 7.24. The topological polar surface area (TPSA) is 86.5 Å². The number of pyridine rings is 1. The second-order valence-corrected chi connectivity index (χ2v) is 5.73. The fraction of sp³-hybridized carbons (Fsp3) is 0.333. The first-order valence-corrected chi connectivity index (χ1v) is 8.03. The highest BCUT2D eigenvalue weighted by Gasteiger charge is 2.29. The molecule has 142 valence electrons. The second-order valence-electron chi connectivity index (χ2n) is 5.73. The van der Waals surface area contributed by atoms with Crippen molar-refractivity contribution in [3.05, 3.63) is 54.4 Å². The lowest BCUT2D eigenvalue weighted by Crippen LogP contribution is -2.29. The van der Waals surface area contributed by atoms with Crippen molar-refractivity contribution in [3.63, 3.8) is 0 Å². The molecule has 1 aliphatic heterocycles. The maximum Gasteiger partial charge on any atom is 0.253 e. The van der Waals surface area contributed by atoms with E-state index < -0.39 is 6.10 Å². The molecule has 1 amide bonds. The molecule has 1 aromatic heterocycles. The first-order chi connectivity index (χ1) is 11.7. The van der Waals surface area contributed by atoms with Crippen LogP contribution in [-0.4, -0.2) is 29.6 Å². The Morgan fingerprint density at radius 3 is 2.81 bits per heavy atom. The molecule has 0 bridgehead atoms. The molecule has 1 aliphatic rings. The van der Waals surface area contributed by atoms with Crippen LogP contribution in [0.5, 0.6) is 5.75 Å². The molecule has 6 nitrogen and oxygen atoms in total. The molecule has 3 rings (SSSR count). The summed E-state index contributed by atoms with van der Waals surface area (Å²) in [4.78, 5) is 16.3. The Morgan fingerprint density at radius 1 is 1.27 bits per heavy atom. The summed E-state index contributed by atoms with van der Waals surface area (Å²) in [6.45, 7) is 0.872. The lowest BCUT2D eigenvalue weighted by Gasteiger charge is -2.13. The molecule has 2 atom stereocenters. The number of nitrogens with one attached hydrogen (secondary N) is 1. The average Bonchev–Trinajstić information content (AvgIpc) is 3.11. The van der Waals surface area contributed by atoms with Crippen molar-refractivity contribution in [1.82, 2.24) is 4.98 Å². The van der Waals surface area contributed by atoms with E-state index in [-0.39, 0.29) is 36.8 Å². The van der Waals surface area contributed by atoms with E-state index >= 15 is 0 Å². The van der Waals surface area contributed by atoms with Gasteiger partial charge in [-0.2, -0.15) is 0 Å². The molecule has 0 saturated carbocycles. The van der Waals surface area contributed by atoms with Gasteiger partial charge in [-0.1, -0.05) is 12.1 Å². The lowest BCUT2D eigenvalue weighted by molar-refractivity contribution is -0.126. The van der Waals surface area contributed by atoms with E-state index in [0.717, 1.165) is 12.0 Å². The van der Waals surface area contributed by atoms with Gasteiger partial charge in [-0.05, 0) is 31.0 Å². The van der Waals surface area contributed by atoms with Crippen molar-refractivity contribution in [2.75, 3.05) is 11.9 Å². The van der Waals surface area contributed by atoms with Gasteiger partial charge in [0, 0.05) is 36.3 Å². The summed E-state index contributed by atoms with van der Waals surface area (Å²) >= 11 is 0. The van der Waals surface area contributed by atoms with Gasteiger partial charge in [0.05, 0.1) is 6.10 Å². The summed E-state index contributed by atoms with van der Waals surface area (Å²) in [6.07, 6.45) is 4.55. The lowest BCUT2D eigenvalue weighted by atomic mass is 10.2. The molecular weight excluding hydrogens is 377 g/mol. The smallest absolute Gasteiger partial charge is 0.253 e. The standard InChI is InChI=1S/C18H21N3O3.2ClH/c19-10-16-6-7-17(24-16)18(22)21-14-4-1-5-15(9-14)23-12-13-3-2-8-20-11-13;;/h1-5,8-9,11,16-17H,6-7,10,12,19H2,(H,21,22);2*1H/t16-,17+;;/m1../s1. The highest BCUT2D eigenvalue weighted by Crippen LogP contribution is 2.22. The Hall–Kier alpha value is -1.86. The quantitative estimate of drug-likeness (QED) is 0.779. The van der Waals surface area contributed by atoms with Crippen molar-refractivity contribution in [2.24, 2.45) is 5.73 Å². The highest BCUT2D eigenvalue weighted by molar-refractivity contribution is 5.94. The summed E-state index contributed by atoms with van der Waals surface area (Å²) in [5, 5.41) is 2.87. The number of halogens is 2. The molecule has 3 N–H and O–H groups in total. The van der Waals surface area contributed by atoms with Gasteiger partial charge in [-0.3, -0.25) is 9.78 Å². The number of carbonyl (C=O) groups excluding carboxylic acids is 1. The van der Waals surface area contributed by atoms with Gasteiger partial charge >= 0.3 is 0 Å². The SMILES string of the molecule is Cl.Cl.NC[C@H]1CC[C@@H](C(=O)Nc2cccc(OCc3cccnc3)c2)O1. The van der Waals surface area contributed by atoms with Crippen LogP contribution in [0.4, 0.5) is 5.69 Å². The molecule has 0 radical (unpaired) electrons. The largest absolute Gasteiger partial charge is 0.489 e. The minimum atomic E-state index is -0.432. The predicted molar refractivity (Wildman–Crippen MR) is 105 cm³/mol.